The molecule has 134 valence electrons. The van der Waals surface area contributed by atoms with Crippen LogP contribution < -0.4 is 4.90 Å². The van der Waals surface area contributed by atoms with Crippen molar-refractivity contribution in [2.45, 2.75) is 26.4 Å². The van der Waals surface area contributed by atoms with E-state index >= 15 is 0 Å². The number of fused-ring (bicyclic) bond motifs is 1. The van der Waals surface area contributed by atoms with Crippen molar-refractivity contribution in [3.63, 3.8) is 0 Å². The first-order valence-electron chi connectivity index (χ1n) is 7.94. The van der Waals surface area contributed by atoms with Crippen LogP contribution >= 0.6 is 27.5 Å². The van der Waals surface area contributed by atoms with Gasteiger partial charge in [0.25, 0.3) is 0 Å². The van der Waals surface area contributed by atoms with Gasteiger partial charge < -0.3 is 14.5 Å². The molecule has 1 aliphatic heterocycles. The van der Waals surface area contributed by atoms with Gasteiger partial charge in [0.1, 0.15) is 11.1 Å². The first-order valence-corrected chi connectivity index (χ1v) is 9.12. The number of anilines is 1. The van der Waals surface area contributed by atoms with Crippen LogP contribution in [0.4, 0.5) is 10.6 Å². The second kappa shape index (κ2) is 6.92. The molecule has 0 atom stereocenters. The minimum absolute atomic E-state index is 0.178. The number of hydrogen-bond donors (Lipinski definition) is 0. The molecule has 3 rings (SSSR count). The molecule has 0 aromatic carbocycles. The molecule has 9 heteroatoms. The molecule has 1 saturated heterocycles. The van der Waals surface area contributed by atoms with E-state index in [9.17, 15) is 4.79 Å². The fourth-order valence-corrected chi connectivity index (χ4v) is 3.09. The number of pyridine rings is 1. The van der Waals surface area contributed by atoms with Crippen LogP contribution in [0.5, 0.6) is 0 Å². The highest BCUT2D eigenvalue weighted by Gasteiger charge is 2.27. The lowest BCUT2D eigenvalue weighted by Crippen LogP contribution is -2.50. The Morgan fingerprint density at radius 1 is 1.24 bits per heavy atom. The van der Waals surface area contributed by atoms with Gasteiger partial charge in [0, 0.05) is 36.8 Å². The van der Waals surface area contributed by atoms with Crippen LogP contribution in [0.2, 0.25) is 5.28 Å². The van der Waals surface area contributed by atoms with Crippen molar-refractivity contribution in [3.05, 3.63) is 22.0 Å². The standard InChI is InChI=1S/C16H19BrClN5O2/c1-16(2,3)25-15(24)23-6-4-22(5-7-23)13-12-11(20-14(18)21-13)8-10(17)9-19-12/h8-9H,4-7H2,1-3H3. The summed E-state index contributed by atoms with van der Waals surface area (Å²) in [7, 11) is 0. The van der Waals surface area contributed by atoms with Gasteiger partial charge in [-0.2, -0.15) is 4.98 Å². The largest absolute Gasteiger partial charge is 0.444 e. The van der Waals surface area contributed by atoms with E-state index in [0.717, 1.165) is 4.47 Å². The van der Waals surface area contributed by atoms with E-state index in [1.54, 1.807) is 11.1 Å². The Hall–Kier alpha value is -1.67. The topological polar surface area (TPSA) is 71.5 Å². The molecule has 0 aliphatic carbocycles. The number of amides is 1. The lowest BCUT2D eigenvalue weighted by molar-refractivity contribution is 0.0240. The zero-order valence-corrected chi connectivity index (χ0v) is 16.6. The van der Waals surface area contributed by atoms with Crippen molar-refractivity contribution in [3.8, 4) is 0 Å². The number of piperazine rings is 1. The molecule has 0 saturated carbocycles. The Kier molecular flexibility index (Phi) is 5.02. The lowest BCUT2D eigenvalue weighted by Gasteiger charge is -2.36. The number of halogens is 2. The Morgan fingerprint density at radius 2 is 1.92 bits per heavy atom. The first kappa shape index (κ1) is 18.1. The van der Waals surface area contributed by atoms with Crippen LogP contribution in [-0.2, 0) is 4.74 Å². The average molecular weight is 429 g/mol. The summed E-state index contributed by atoms with van der Waals surface area (Å²) in [5.74, 6) is 0.686. The molecular weight excluding hydrogens is 410 g/mol. The van der Waals surface area contributed by atoms with E-state index in [-0.39, 0.29) is 11.4 Å². The van der Waals surface area contributed by atoms with Gasteiger partial charge in [0.15, 0.2) is 5.82 Å². The molecule has 1 aliphatic rings. The summed E-state index contributed by atoms with van der Waals surface area (Å²) in [6.45, 7) is 7.93. The SMILES string of the molecule is CC(C)(C)OC(=O)N1CCN(c2nc(Cl)nc3cc(Br)cnc23)CC1. The van der Waals surface area contributed by atoms with Gasteiger partial charge in [-0.15, -0.1) is 0 Å². The molecule has 0 unspecified atom stereocenters. The third-order valence-corrected chi connectivity index (χ3v) is 4.29. The van der Waals surface area contributed by atoms with E-state index in [2.05, 4.69) is 35.8 Å². The summed E-state index contributed by atoms with van der Waals surface area (Å²) in [6.07, 6.45) is 1.42. The highest BCUT2D eigenvalue weighted by molar-refractivity contribution is 9.10. The maximum atomic E-state index is 12.2. The van der Waals surface area contributed by atoms with Gasteiger partial charge in [0.05, 0.1) is 5.52 Å². The predicted molar refractivity (Wildman–Crippen MR) is 100 cm³/mol. The van der Waals surface area contributed by atoms with Gasteiger partial charge >= 0.3 is 6.09 Å². The van der Waals surface area contributed by atoms with Gasteiger partial charge in [-0.1, -0.05) is 0 Å². The van der Waals surface area contributed by atoms with Crippen molar-refractivity contribution < 1.29 is 9.53 Å². The van der Waals surface area contributed by atoms with E-state index in [4.69, 9.17) is 16.3 Å². The molecular formula is C16H19BrClN5O2. The Balaban J connectivity index is 1.77. The summed E-state index contributed by atoms with van der Waals surface area (Å²) in [4.78, 5) is 29.0. The molecule has 7 nitrogen and oxygen atoms in total. The quantitative estimate of drug-likeness (QED) is 0.647. The molecule has 0 N–H and O–H groups in total. The monoisotopic (exact) mass is 427 g/mol. The molecule has 1 fully saturated rings. The Bertz CT molecular complexity index is 798. The maximum Gasteiger partial charge on any atom is 0.410 e. The number of nitrogens with zero attached hydrogens (tertiary/aromatic N) is 5. The van der Waals surface area contributed by atoms with E-state index < -0.39 is 5.60 Å². The van der Waals surface area contributed by atoms with Crippen molar-refractivity contribution in [2.75, 3.05) is 31.1 Å². The second-order valence-corrected chi connectivity index (χ2v) is 8.05. The Morgan fingerprint density at radius 3 is 2.56 bits per heavy atom. The van der Waals surface area contributed by atoms with E-state index in [0.29, 0.717) is 43.0 Å². The van der Waals surface area contributed by atoms with Crippen LogP contribution in [0.1, 0.15) is 20.8 Å². The van der Waals surface area contributed by atoms with Crippen LogP contribution in [0.15, 0.2) is 16.7 Å². The van der Waals surface area contributed by atoms with E-state index in [1.165, 1.54) is 0 Å². The van der Waals surface area contributed by atoms with Gasteiger partial charge in [-0.05, 0) is 54.4 Å². The van der Waals surface area contributed by atoms with Gasteiger partial charge in [-0.25, -0.2) is 14.8 Å². The molecule has 1 amide bonds. The normalized spacial score (nSPS) is 15.6. The van der Waals surface area contributed by atoms with Gasteiger partial charge in [0.2, 0.25) is 5.28 Å². The van der Waals surface area contributed by atoms with Crippen LogP contribution in [0.25, 0.3) is 11.0 Å². The van der Waals surface area contributed by atoms with Crippen LogP contribution in [0.3, 0.4) is 0 Å². The highest BCUT2D eigenvalue weighted by Crippen LogP contribution is 2.26. The molecule has 3 heterocycles. The molecule has 25 heavy (non-hydrogen) atoms. The maximum absolute atomic E-state index is 12.2. The molecule has 2 aromatic rings. The minimum atomic E-state index is -0.498. The van der Waals surface area contributed by atoms with E-state index in [1.807, 2.05) is 26.8 Å². The van der Waals surface area contributed by atoms with Crippen molar-refractivity contribution in [1.82, 2.24) is 19.9 Å². The van der Waals surface area contributed by atoms with Crippen molar-refractivity contribution in [1.29, 1.82) is 0 Å². The zero-order chi connectivity index (χ0) is 18.2. The smallest absolute Gasteiger partial charge is 0.410 e. The third kappa shape index (κ3) is 4.30. The minimum Gasteiger partial charge on any atom is -0.444 e. The molecule has 0 radical (unpaired) electrons. The first-order chi connectivity index (χ1) is 11.7. The number of carbonyl (C=O) groups is 1. The summed E-state index contributed by atoms with van der Waals surface area (Å²) < 4.78 is 6.25. The summed E-state index contributed by atoms with van der Waals surface area (Å²) in [5, 5.41) is 0.178. The molecule has 2 aromatic heterocycles. The summed E-state index contributed by atoms with van der Waals surface area (Å²) >= 11 is 9.46. The highest BCUT2D eigenvalue weighted by atomic mass is 79.9. The fourth-order valence-electron chi connectivity index (χ4n) is 2.60. The number of aromatic nitrogens is 3. The van der Waals surface area contributed by atoms with Crippen LogP contribution in [0, 0.1) is 0 Å². The van der Waals surface area contributed by atoms with Crippen molar-refractivity contribution in [2.24, 2.45) is 0 Å². The summed E-state index contributed by atoms with van der Waals surface area (Å²) in [6, 6.07) is 1.86. The number of carbonyl (C=O) groups excluding carboxylic acids is 1. The number of ether oxygens (including phenoxy) is 1. The molecule has 0 spiro atoms. The zero-order valence-electron chi connectivity index (χ0n) is 14.3. The predicted octanol–water partition coefficient (Wildman–Crippen LogP) is 3.50. The molecule has 0 bridgehead atoms. The Labute approximate surface area is 159 Å². The third-order valence-electron chi connectivity index (χ3n) is 3.69. The average Bonchev–Trinajstić information content (AvgIpc) is 2.52. The number of hydrogen-bond acceptors (Lipinski definition) is 6. The second-order valence-electron chi connectivity index (χ2n) is 6.79. The van der Waals surface area contributed by atoms with Gasteiger partial charge in [-0.3, -0.25) is 0 Å². The fraction of sp³-hybridized carbons (Fsp3) is 0.500. The lowest BCUT2D eigenvalue weighted by atomic mass is 10.2. The number of rotatable bonds is 1. The van der Waals surface area contributed by atoms with Crippen LogP contribution in [-0.4, -0.2) is 57.7 Å². The van der Waals surface area contributed by atoms with Crippen molar-refractivity contribution >= 4 is 50.5 Å². The summed E-state index contributed by atoms with van der Waals surface area (Å²) in [5.41, 5.74) is 0.874.